The number of rotatable bonds is 6. The summed E-state index contributed by atoms with van der Waals surface area (Å²) in [6.07, 6.45) is 0. The molecule has 4 heteroatoms. The van der Waals surface area contributed by atoms with E-state index in [-0.39, 0.29) is 21.7 Å². The molecular formula is C60H56Br2N2. The Labute approximate surface area is 397 Å². The lowest BCUT2D eigenvalue weighted by atomic mass is 9.71. The molecule has 0 heterocycles. The molecule has 0 aliphatic heterocycles. The van der Waals surface area contributed by atoms with Crippen molar-refractivity contribution < 1.29 is 0 Å². The van der Waals surface area contributed by atoms with Crippen molar-refractivity contribution in [1.82, 2.24) is 0 Å². The second-order valence-electron chi connectivity index (χ2n) is 21.0. The first-order valence-corrected chi connectivity index (χ1v) is 24.1. The van der Waals surface area contributed by atoms with Crippen LogP contribution in [-0.2, 0) is 21.7 Å². The van der Waals surface area contributed by atoms with Gasteiger partial charge in [-0.3, -0.25) is 0 Å². The van der Waals surface area contributed by atoms with Gasteiger partial charge in [-0.25, -0.2) is 0 Å². The highest BCUT2D eigenvalue weighted by Gasteiger charge is 2.47. The van der Waals surface area contributed by atoms with E-state index >= 15 is 0 Å². The Morgan fingerprint density at radius 3 is 0.984 bits per heavy atom. The monoisotopic (exact) mass is 962 g/mol. The van der Waals surface area contributed by atoms with Gasteiger partial charge in [0.15, 0.2) is 0 Å². The highest BCUT2D eigenvalue weighted by Crippen LogP contribution is 2.63. The molecule has 2 nitrogen and oxygen atoms in total. The van der Waals surface area contributed by atoms with Crippen molar-refractivity contribution in [2.45, 2.75) is 90.9 Å². The molecule has 0 radical (unpaired) electrons. The topological polar surface area (TPSA) is 6.48 Å². The lowest BCUT2D eigenvalue weighted by Gasteiger charge is -2.32. The van der Waals surface area contributed by atoms with Crippen LogP contribution in [0.1, 0.15) is 103 Å². The van der Waals surface area contributed by atoms with Crippen LogP contribution in [0.3, 0.4) is 0 Å². The second kappa shape index (κ2) is 15.1. The van der Waals surface area contributed by atoms with E-state index in [0.29, 0.717) is 0 Å². The van der Waals surface area contributed by atoms with Crippen LogP contribution in [0.2, 0.25) is 0 Å². The van der Waals surface area contributed by atoms with Gasteiger partial charge >= 0.3 is 0 Å². The van der Waals surface area contributed by atoms with Gasteiger partial charge in [-0.2, -0.15) is 0 Å². The van der Waals surface area contributed by atoms with Crippen molar-refractivity contribution in [2.75, 3.05) is 9.80 Å². The molecule has 320 valence electrons. The van der Waals surface area contributed by atoms with Gasteiger partial charge in [-0.05, 0) is 174 Å². The number of nitrogens with zero attached hydrogens (tertiary/aromatic N) is 2. The first-order chi connectivity index (χ1) is 30.3. The second-order valence-corrected chi connectivity index (χ2v) is 22.8. The van der Waals surface area contributed by atoms with Crippen LogP contribution >= 0.6 is 31.9 Å². The van der Waals surface area contributed by atoms with Crippen molar-refractivity contribution in [3.05, 3.63) is 200 Å². The quantitative estimate of drug-likeness (QED) is 0.164. The smallest absolute Gasteiger partial charge is 0.0465 e. The summed E-state index contributed by atoms with van der Waals surface area (Å²) in [4.78, 5) is 4.83. The third kappa shape index (κ3) is 6.86. The molecule has 0 unspecified atom stereocenters. The van der Waals surface area contributed by atoms with Gasteiger partial charge in [-0.15, -0.1) is 0 Å². The average Bonchev–Trinajstić information content (AvgIpc) is 3.64. The summed E-state index contributed by atoms with van der Waals surface area (Å²) in [7, 11) is 0. The molecule has 2 aliphatic carbocycles. The fourth-order valence-corrected chi connectivity index (χ4v) is 11.2. The van der Waals surface area contributed by atoms with E-state index in [2.05, 4.69) is 269 Å². The Kier molecular flexibility index (Phi) is 10.0. The van der Waals surface area contributed by atoms with Crippen molar-refractivity contribution in [1.29, 1.82) is 0 Å². The summed E-state index contributed by atoms with van der Waals surface area (Å²) in [6, 6.07) is 59.3. The zero-order valence-corrected chi connectivity index (χ0v) is 41.8. The van der Waals surface area contributed by atoms with Gasteiger partial charge in [0.1, 0.15) is 0 Å². The SMILES string of the molecule is CC(C)(C)c1ccc(N(c2ccc(Br)cc2)c2ccc3c(c2)C(C)(C)c2c4c(c5ccccc5c2-3)-c2ccc(N(c3ccc(Br)cc3)c3ccc(C(C)(C)C)cc3)cc2C4(C)C)cc1. The standard InChI is InChI=1S/C60H56Br2N2/c1-57(2,3)37-15-23-41(24-16-37)63(43-27-19-39(61)20-28-43)45-31-33-49-51(35-45)59(7,8)55-53(49)47-13-11-12-14-48(47)54-50-34-32-46(36-52(50)60(9,10)56(54)55)64(44-29-21-40(62)22-30-44)42-25-17-38(18-26-42)58(4,5)6/h11-36H,1-10H3. The highest BCUT2D eigenvalue weighted by molar-refractivity contribution is 9.10. The number of hydrogen-bond donors (Lipinski definition) is 0. The van der Waals surface area contributed by atoms with E-state index in [0.717, 1.165) is 43.1 Å². The third-order valence-electron chi connectivity index (χ3n) is 14.0. The van der Waals surface area contributed by atoms with Gasteiger partial charge in [0.05, 0.1) is 0 Å². The minimum absolute atomic E-state index is 0.0691. The van der Waals surface area contributed by atoms with Crippen LogP contribution in [0, 0.1) is 0 Å². The predicted octanol–water partition coefficient (Wildman–Crippen LogP) is 18.5. The molecule has 2 aliphatic rings. The number of benzene rings is 8. The summed E-state index contributed by atoms with van der Waals surface area (Å²) in [5.41, 5.74) is 20.1. The molecule has 0 N–H and O–H groups in total. The molecule has 8 aromatic rings. The lowest BCUT2D eigenvalue weighted by Crippen LogP contribution is -2.24. The van der Waals surface area contributed by atoms with Crippen LogP contribution in [0.5, 0.6) is 0 Å². The molecule has 8 aromatic carbocycles. The van der Waals surface area contributed by atoms with Crippen LogP contribution in [-0.4, -0.2) is 0 Å². The number of hydrogen-bond acceptors (Lipinski definition) is 2. The molecule has 0 spiro atoms. The minimum atomic E-state index is -0.281. The summed E-state index contributed by atoms with van der Waals surface area (Å²) in [5.74, 6) is 0. The van der Waals surface area contributed by atoms with Crippen molar-refractivity contribution in [2.24, 2.45) is 0 Å². The van der Waals surface area contributed by atoms with E-state index in [1.807, 2.05) is 0 Å². The molecule has 0 saturated heterocycles. The summed E-state index contributed by atoms with van der Waals surface area (Å²) in [5, 5.41) is 2.64. The minimum Gasteiger partial charge on any atom is -0.310 e. The van der Waals surface area contributed by atoms with Gasteiger partial charge in [0.2, 0.25) is 0 Å². The number of fused-ring (bicyclic) bond motifs is 10. The molecule has 64 heavy (non-hydrogen) atoms. The first-order valence-electron chi connectivity index (χ1n) is 22.6. The maximum Gasteiger partial charge on any atom is 0.0465 e. The zero-order chi connectivity index (χ0) is 45.1. The average molecular weight is 965 g/mol. The predicted molar refractivity (Wildman–Crippen MR) is 281 cm³/mol. The number of halogens is 2. The van der Waals surface area contributed by atoms with E-state index in [4.69, 9.17) is 0 Å². The van der Waals surface area contributed by atoms with Crippen molar-refractivity contribution in [3.63, 3.8) is 0 Å². The van der Waals surface area contributed by atoms with Crippen LogP contribution in [0.4, 0.5) is 34.1 Å². The maximum atomic E-state index is 3.69. The molecule has 0 bridgehead atoms. The van der Waals surface area contributed by atoms with Gasteiger partial charge in [-0.1, -0.05) is 162 Å². The Hall–Kier alpha value is -5.42. The maximum absolute atomic E-state index is 3.69. The summed E-state index contributed by atoms with van der Waals surface area (Å²) >= 11 is 7.39. The number of anilines is 6. The van der Waals surface area contributed by atoms with Crippen molar-refractivity contribution >= 4 is 76.8 Å². The normalized spacial score (nSPS) is 14.5. The highest BCUT2D eigenvalue weighted by atomic mass is 79.9. The fourth-order valence-electron chi connectivity index (χ4n) is 10.6. The molecule has 10 rings (SSSR count). The molecule has 0 saturated carbocycles. The van der Waals surface area contributed by atoms with E-state index < -0.39 is 0 Å². The van der Waals surface area contributed by atoms with Gasteiger partial charge in [0, 0.05) is 53.9 Å². The Balaban J connectivity index is 1.14. The first kappa shape index (κ1) is 42.5. The van der Waals surface area contributed by atoms with E-state index in [1.54, 1.807) is 0 Å². The Morgan fingerprint density at radius 2 is 0.672 bits per heavy atom. The Bertz CT molecular complexity index is 2890. The molecular weight excluding hydrogens is 908 g/mol. The largest absolute Gasteiger partial charge is 0.310 e. The van der Waals surface area contributed by atoms with E-state index in [1.165, 1.54) is 66.4 Å². The summed E-state index contributed by atoms with van der Waals surface area (Å²) < 4.78 is 2.13. The molecule has 0 atom stereocenters. The Morgan fingerprint density at radius 1 is 0.375 bits per heavy atom. The lowest BCUT2D eigenvalue weighted by molar-refractivity contribution is 0.590. The molecule has 0 fully saturated rings. The fraction of sp³-hybridized carbons (Fsp3) is 0.233. The van der Waals surface area contributed by atoms with Gasteiger partial charge in [0.25, 0.3) is 0 Å². The van der Waals surface area contributed by atoms with Crippen LogP contribution in [0.15, 0.2) is 167 Å². The summed E-state index contributed by atoms with van der Waals surface area (Å²) in [6.45, 7) is 23.5. The zero-order valence-electron chi connectivity index (χ0n) is 38.7. The van der Waals surface area contributed by atoms with E-state index in [9.17, 15) is 0 Å². The van der Waals surface area contributed by atoms with Gasteiger partial charge < -0.3 is 9.80 Å². The van der Waals surface area contributed by atoms with Crippen molar-refractivity contribution in [3.8, 4) is 22.3 Å². The molecule has 0 aromatic heterocycles. The van der Waals surface area contributed by atoms with Crippen LogP contribution < -0.4 is 9.80 Å². The third-order valence-corrected chi connectivity index (χ3v) is 15.1. The van der Waals surface area contributed by atoms with Crippen LogP contribution in [0.25, 0.3) is 33.0 Å². The molecule has 0 amide bonds.